The van der Waals surface area contributed by atoms with Crippen molar-refractivity contribution < 1.29 is 5.11 Å². The summed E-state index contributed by atoms with van der Waals surface area (Å²) in [4.78, 5) is 0. The van der Waals surface area contributed by atoms with Gasteiger partial charge in [-0.1, -0.05) is 60.7 Å². The number of aryl methyl sites for hydroxylation is 1. The van der Waals surface area contributed by atoms with Crippen LogP contribution in [0.1, 0.15) is 30.1 Å². The van der Waals surface area contributed by atoms with Crippen LogP contribution in [0.4, 0.5) is 0 Å². The fourth-order valence-electron chi connectivity index (χ4n) is 1.99. The molecule has 0 radical (unpaired) electrons. The van der Waals surface area contributed by atoms with E-state index < -0.39 is 0 Å². The van der Waals surface area contributed by atoms with Gasteiger partial charge in [0.15, 0.2) is 0 Å². The van der Waals surface area contributed by atoms with Gasteiger partial charge in [0.1, 0.15) is 0 Å². The summed E-state index contributed by atoms with van der Waals surface area (Å²) in [5.41, 5.74) is 2.35. The standard InChI is InChI=1S/C16H18O/c17-16(15-11-5-2-6-12-15)13-7-10-14-8-3-1-4-9-14/h1-6,8-9,11-12,16-17H,7,10,13H2/t16-/m1/s1. The minimum atomic E-state index is -0.333. The van der Waals surface area contributed by atoms with Crippen molar-refractivity contribution in [1.82, 2.24) is 0 Å². The Morgan fingerprint density at radius 3 is 2.06 bits per heavy atom. The van der Waals surface area contributed by atoms with Crippen LogP contribution in [0.15, 0.2) is 60.7 Å². The first-order valence-electron chi connectivity index (χ1n) is 6.13. The van der Waals surface area contributed by atoms with Gasteiger partial charge < -0.3 is 5.11 Å². The number of hydrogen-bond acceptors (Lipinski definition) is 1. The predicted octanol–water partition coefficient (Wildman–Crippen LogP) is 3.74. The summed E-state index contributed by atoms with van der Waals surface area (Å²) in [7, 11) is 0. The van der Waals surface area contributed by atoms with Crippen LogP contribution >= 0.6 is 0 Å². The van der Waals surface area contributed by atoms with Crippen molar-refractivity contribution in [1.29, 1.82) is 0 Å². The smallest absolute Gasteiger partial charge is 0.0790 e. The number of aliphatic hydroxyl groups is 1. The van der Waals surface area contributed by atoms with E-state index in [0.29, 0.717) is 0 Å². The first kappa shape index (κ1) is 11.9. The van der Waals surface area contributed by atoms with Crippen LogP contribution in [0.3, 0.4) is 0 Å². The quantitative estimate of drug-likeness (QED) is 0.823. The predicted molar refractivity (Wildman–Crippen MR) is 70.8 cm³/mol. The second kappa shape index (κ2) is 6.21. The van der Waals surface area contributed by atoms with Crippen LogP contribution in [0.5, 0.6) is 0 Å². The topological polar surface area (TPSA) is 20.2 Å². The fraction of sp³-hybridized carbons (Fsp3) is 0.250. The molecule has 1 nitrogen and oxygen atoms in total. The zero-order valence-electron chi connectivity index (χ0n) is 9.92. The molecule has 17 heavy (non-hydrogen) atoms. The lowest BCUT2D eigenvalue weighted by molar-refractivity contribution is 0.164. The van der Waals surface area contributed by atoms with E-state index in [1.807, 2.05) is 36.4 Å². The molecule has 0 spiro atoms. The third-order valence-electron chi connectivity index (χ3n) is 2.97. The van der Waals surface area contributed by atoms with Crippen molar-refractivity contribution in [2.24, 2.45) is 0 Å². The van der Waals surface area contributed by atoms with Gasteiger partial charge in [0.2, 0.25) is 0 Å². The van der Waals surface area contributed by atoms with Crippen molar-refractivity contribution in [2.45, 2.75) is 25.4 Å². The fourth-order valence-corrected chi connectivity index (χ4v) is 1.99. The highest BCUT2D eigenvalue weighted by Crippen LogP contribution is 2.18. The summed E-state index contributed by atoms with van der Waals surface area (Å²) in [5.74, 6) is 0. The van der Waals surface area contributed by atoms with Crippen molar-refractivity contribution in [2.75, 3.05) is 0 Å². The molecule has 1 heteroatoms. The second-order valence-electron chi connectivity index (χ2n) is 4.30. The molecule has 0 aliphatic rings. The van der Waals surface area contributed by atoms with E-state index >= 15 is 0 Å². The van der Waals surface area contributed by atoms with E-state index in [4.69, 9.17) is 0 Å². The molecule has 0 fully saturated rings. The van der Waals surface area contributed by atoms with Crippen LogP contribution < -0.4 is 0 Å². The Kier molecular flexibility index (Phi) is 4.34. The lowest BCUT2D eigenvalue weighted by Gasteiger charge is -2.10. The largest absolute Gasteiger partial charge is 0.388 e. The molecule has 1 atom stereocenters. The SMILES string of the molecule is O[C@H](CCCc1ccccc1)c1ccccc1. The maximum absolute atomic E-state index is 10.00. The third kappa shape index (κ3) is 3.72. The van der Waals surface area contributed by atoms with Gasteiger partial charge in [0, 0.05) is 0 Å². The van der Waals surface area contributed by atoms with Crippen LogP contribution in [0.2, 0.25) is 0 Å². The number of benzene rings is 2. The third-order valence-corrected chi connectivity index (χ3v) is 2.97. The summed E-state index contributed by atoms with van der Waals surface area (Å²) in [6, 6.07) is 20.3. The van der Waals surface area contributed by atoms with Gasteiger partial charge >= 0.3 is 0 Å². The monoisotopic (exact) mass is 226 g/mol. The summed E-state index contributed by atoms with van der Waals surface area (Å²) in [6.45, 7) is 0. The number of hydrogen-bond donors (Lipinski definition) is 1. The molecule has 0 aliphatic heterocycles. The van der Waals surface area contributed by atoms with Crippen molar-refractivity contribution in [3.05, 3.63) is 71.8 Å². The van der Waals surface area contributed by atoms with Crippen LogP contribution in [0, 0.1) is 0 Å². The Labute approximate surface area is 103 Å². The molecule has 2 aromatic carbocycles. The highest BCUT2D eigenvalue weighted by atomic mass is 16.3. The molecule has 88 valence electrons. The molecule has 0 saturated heterocycles. The minimum absolute atomic E-state index is 0.333. The molecule has 0 unspecified atom stereocenters. The minimum Gasteiger partial charge on any atom is -0.388 e. The zero-order valence-corrected chi connectivity index (χ0v) is 9.92. The molecule has 0 aliphatic carbocycles. The van der Waals surface area contributed by atoms with Gasteiger partial charge in [0.25, 0.3) is 0 Å². The van der Waals surface area contributed by atoms with E-state index in [2.05, 4.69) is 24.3 Å². The van der Waals surface area contributed by atoms with E-state index in [1.54, 1.807) is 0 Å². The Hall–Kier alpha value is -1.60. The summed E-state index contributed by atoms with van der Waals surface area (Å²) in [5, 5.41) is 10.00. The van der Waals surface area contributed by atoms with E-state index in [-0.39, 0.29) is 6.10 Å². The first-order chi connectivity index (χ1) is 8.36. The molecule has 0 aromatic heterocycles. The molecular formula is C16H18O. The van der Waals surface area contributed by atoms with Crippen molar-refractivity contribution in [3.8, 4) is 0 Å². The highest BCUT2D eigenvalue weighted by Gasteiger charge is 2.05. The maximum Gasteiger partial charge on any atom is 0.0790 e. The molecule has 2 rings (SSSR count). The Morgan fingerprint density at radius 2 is 1.41 bits per heavy atom. The first-order valence-corrected chi connectivity index (χ1v) is 6.13. The Bertz CT molecular complexity index is 422. The average molecular weight is 226 g/mol. The van der Waals surface area contributed by atoms with Crippen molar-refractivity contribution >= 4 is 0 Å². The lowest BCUT2D eigenvalue weighted by Crippen LogP contribution is -1.98. The molecule has 0 bridgehead atoms. The van der Waals surface area contributed by atoms with Crippen LogP contribution in [-0.4, -0.2) is 5.11 Å². The van der Waals surface area contributed by atoms with Gasteiger partial charge in [-0.25, -0.2) is 0 Å². The van der Waals surface area contributed by atoms with Gasteiger partial charge in [-0.05, 0) is 30.4 Å². The molecular weight excluding hydrogens is 208 g/mol. The average Bonchev–Trinajstić information content (AvgIpc) is 2.41. The second-order valence-corrected chi connectivity index (χ2v) is 4.30. The van der Waals surface area contributed by atoms with Gasteiger partial charge in [-0.2, -0.15) is 0 Å². The molecule has 0 saturated carbocycles. The maximum atomic E-state index is 10.00. The molecule has 2 aromatic rings. The zero-order chi connectivity index (χ0) is 11.9. The molecule has 0 amide bonds. The van der Waals surface area contributed by atoms with Crippen LogP contribution in [0.25, 0.3) is 0 Å². The van der Waals surface area contributed by atoms with E-state index in [9.17, 15) is 5.11 Å². The van der Waals surface area contributed by atoms with Crippen LogP contribution in [-0.2, 0) is 6.42 Å². The van der Waals surface area contributed by atoms with Gasteiger partial charge in [-0.3, -0.25) is 0 Å². The summed E-state index contributed by atoms with van der Waals surface area (Å²) < 4.78 is 0. The summed E-state index contributed by atoms with van der Waals surface area (Å²) >= 11 is 0. The van der Waals surface area contributed by atoms with Gasteiger partial charge in [0.05, 0.1) is 6.10 Å². The number of aliphatic hydroxyl groups excluding tert-OH is 1. The lowest BCUT2D eigenvalue weighted by atomic mass is 10.0. The highest BCUT2D eigenvalue weighted by molar-refractivity contribution is 5.17. The number of rotatable bonds is 5. The molecule has 1 N–H and O–H groups in total. The Morgan fingerprint density at radius 1 is 0.824 bits per heavy atom. The Balaban J connectivity index is 1.79. The summed E-state index contributed by atoms with van der Waals surface area (Å²) in [6.07, 6.45) is 2.53. The van der Waals surface area contributed by atoms with E-state index in [1.165, 1.54) is 5.56 Å². The molecule has 0 heterocycles. The normalized spacial score (nSPS) is 12.3. The van der Waals surface area contributed by atoms with E-state index in [0.717, 1.165) is 24.8 Å². The van der Waals surface area contributed by atoms with Crippen molar-refractivity contribution in [3.63, 3.8) is 0 Å². The van der Waals surface area contributed by atoms with Gasteiger partial charge in [-0.15, -0.1) is 0 Å².